The zero-order valence-electron chi connectivity index (χ0n) is 19.3. The topological polar surface area (TPSA) is 76.0 Å². The van der Waals surface area contributed by atoms with E-state index in [0.29, 0.717) is 23.5 Å². The molecule has 0 amide bonds. The Morgan fingerprint density at radius 2 is 1.76 bits per heavy atom. The molecule has 0 aliphatic carbocycles. The molecule has 1 aromatic heterocycles. The predicted molar refractivity (Wildman–Crippen MR) is 136 cm³/mol. The lowest BCUT2D eigenvalue weighted by Crippen LogP contribution is -2.17. The molecule has 1 heterocycles. The number of nitrogens with one attached hydrogen (secondary N) is 2. The van der Waals surface area contributed by atoms with Crippen LogP contribution in [0.25, 0.3) is 16.7 Å². The molecule has 33 heavy (non-hydrogen) atoms. The van der Waals surface area contributed by atoms with Gasteiger partial charge in [-0.25, -0.2) is 13.4 Å². The highest BCUT2D eigenvalue weighted by atomic mass is 32.2. The molecule has 3 aromatic carbocycles. The fourth-order valence-electron chi connectivity index (χ4n) is 4.04. The number of aryl methyl sites for hydroxylation is 4. The monoisotopic (exact) mass is 460 g/mol. The second-order valence-electron chi connectivity index (χ2n) is 8.18. The molecule has 4 aromatic rings. The number of hydrogen-bond acceptors (Lipinski definition) is 4. The van der Waals surface area contributed by atoms with Gasteiger partial charge in [0.1, 0.15) is 0 Å². The van der Waals surface area contributed by atoms with Gasteiger partial charge in [0.25, 0.3) is 10.0 Å². The number of sulfonamides is 1. The van der Waals surface area contributed by atoms with Gasteiger partial charge in [-0.1, -0.05) is 49.9 Å². The van der Waals surface area contributed by atoms with Crippen LogP contribution in [0.15, 0.2) is 72.4 Å². The van der Waals surface area contributed by atoms with Crippen LogP contribution in [-0.4, -0.2) is 18.0 Å². The van der Waals surface area contributed by atoms with E-state index in [4.69, 9.17) is 0 Å². The maximum Gasteiger partial charge on any atom is 0.262 e. The van der Waals surface area contributed by atoms with Crippen LogP contribution in [0.3, 0.4) is 0 Å². The third-order valence-corrected chi connectivity index (χ3v) is 7.24. The van der Waals surface area contributed by atoms with E-state index in [1.54, 1.807) is 12.4 Å². The molecule has 0 saturated carbocycles. The second-order valence-corrected chi connectivity index (χ2v) is 9.83. The molecule has 7 heteroatoms. The summed E-state index contributed by atoms with van der Waals surface area (Å²) in [5, 5.41) is 3.29. The number of aromatic nitrogens is 2. The number of hydrogen-bond donors (Lipinski definition) is 2. The summed E-state index contributed by atoms with van der Waals surface area (Å²) in [5.41, 5.74) is 7.18. The number of anilines is 2. The van der Waals surface area contributed by atoms with Gasteiger partial charge in [-0.2, -0.15) is 0 Å². The lowest BCUT2D eigenvalue weighted by molar-refractivity contribution is 0.600. The van der Waals surface area contributed by atoms with Gasteiger partial charge in [0.05, 0.1) is 27.9 Å². The minimum Gasteiger partial charge on any atom is -0.355 e. The smallest absolute Gasteiger partial charge is 0.262 e. The number of benzene rings is 3. The average Bonchev–Trinajstić information content (AvgIpc) is 3.17. The Labute approximate surface area is 195 Å². The zero-order valence-corrected chi connectivity index (χ0v) is 20.1. The van der Waals surface area contributed by atoms with Crippen LogP contribution in [0.2, 0.25) is 0 Å². The molecule has 0 fully saturated rings. The molecule has 0 aliphatic rings. The molecule has 0 spiro atoms. The molecular formula is C26H28N4O2S. The normalized spacial score (nSPS) is 11.5. The van der Waals surface area contributed by atoms with Crippen molar-refractivity contribution in [3.8, 4) is 0 Å². The van der Waals surface area contributed by atoms with E-state index in [-0.39, 0.29) is 4.90 Å². The Morgan fingerprint density at radius 1 is 1.06 bits per heavy atom. The first-order valence-electron chi connectivity index (χ1n) is 10.8. The van der Waals surface area contributed by atoms with Crippen molar-refractivity contribution in [2.24, 2.45) is 7.05 Å². The number of nitrogens with zero attached hydrogens (tertiary/aromatic N) is 2. The van der Waals surface area contributed by atoms with Gasteiger partial charge in [0, 0.05) is 24.0 Å². The first-order chi connectivity index (χ1) is 15.7. The highest BCUT2D eigenvalue weighted by molar-refractivity contribution is 7.92. The molecule has 0 aliphatic heterocycles. The fraction of sp³-hybridized carbons (Fsp3) is 0.192. The Balaban J connectivity index is 1.69. The van der Waals surface area contributed by atoms with Crippen molar-refractivity contribution >= 4 is 38.1 Å². The van der Waals surface area contributed by atoms with Crippen molar-refractivity contribution < 1.29 is 8.42 Å². The van der Waals surface area contributed by atoms with E-state index in [0.717, 1.165) is 33.3 Å². The highest BCUT2D eigenvalue weighted by Gasteiger charge is 2.21. The van der Waals surface area contributed by atoms with Crippen LogP contribution in [-0.2, 0) is 23.5 Å². The minimum absolute atomic E-state index is 0.254. The van der Waals surface area contributed by atoms with Crippen LogP contribution in [0.1, 0.15) is 29.2 Å². The molecule has 0 saturated heterocycles. The van der Waals surface area contributed by atoms with E-state index in [2.05, 4.69) is 21.6 Å². The summed E-state index contributed by atoms with van der Waals surface area (Å²) in [7, 11) is -1.85. The first kappa shape index (κ1) is 22.6. The van der Waals surface area contributed by atoms with Crippen LogP contribution < -0.4 is 10.0 Å². The minimum atomic E-state index is -3.79. The summed E-state index contributed by atoms with van der Waals surface area (Å²) < 4.78 is 31.6. The maximum absolute atomic E-state index is 13.4. The predicted octanol–water partition coefficient (Wildman–Crippen LogP) is 5.64. The van der Waals surface area contributed by atoms with Gasteiger partial charge in [-0.05, 0) is 55.2 Å². The van der Waals surface area contributed by atoms with Gasteiger partial charge in [0.2, 0.25) is 0 Å². The maximum atomic E-state index is 13.4. The third kappa shape index (κ3) is 4.36. The summed E-state index contributed by atoms with van der Waals surface area (Å²) in [4.78, 5) is 4.65. The summed E-state index contributed by atoms with van der Waals surface area (Å²) in [5.74, 6) is 0. The summed E-state index contributed by atoms with van der Waals surface area (Å²) in [6, 6.07) is 17.0. The Morgan fingerprint density at radius 3 is 2.45 bits per heavy atom. The number of para-hydroxylation sites is 2. The van der Waals surface area contributed by atoms with E-state index < -0.39 is 10.0 Å². The molecular weight excluding hydrogens is 432 g/mol. The standard InChI is InChI=1S/C26H28N4O2S/c1-6-20-13-14-21(28-19(4)22-11-8-12-23-26(22)30(5)16-27-23)15-24(20)33(31,32)29-25-17(2)9-7-10-18(25)3/h7-16,28-29H,4,6H2,1-3,5H3. The van der Waals surface area contributed by atoms with Gasteiger partial charge < -0.3 is 9.88 Å². The quantitative estimate of drug-likeness (QED) is 0.374. The van der Waals surface area contributed by atoms with Gasteiger partial charge in [-0.3, -0.25) is 4.72 Å². The average molecular weight is 461 g/mol. The van der Waals surface area contributed by atoms with Gasteiger partial charge in [-0.15, -0.1) is 0 Å². The van der Waals surface area contributed by atoms with Crippen molar-refractivity contribution in [3.05, 3.63) is 89.8 Å². The van der Waals surface area contributed by atoms with E-state index in [9.17, 15) is 8.42 Å². The van der Waals surface area contributed by atoms with Crippen molar-refractivity contribution in [1.82, 2.24) is 9.55 Å². The zero-order chi connectivity index (χ0) is 23.8. The molecule has 0 unspecified atom stereocenters. The summed E-state index contributed by atoms with van der Waals surface area (Å²) >= 11 is 0. The lowest BCUT2D eigenvalue weighted by Gasteiger charge is -2.17. The fourth-order valence-corrected chi connectivity index (χ4v) is 5.58. The third-order valence-electron chi connectivity index (χ3n) is 5.81. The van der Waals surface area contributed by atoms with Crippen LogP contribution in [0.4, 0.5) is 11.4 Å². The molecule has 0 bridgehead atoms. The van der Waals surface area contributed by atoms with Crippen molar-refractivity contribution in [3.63, 3.8) is 0 Å². The largest absolute Gasteiger partial charge is 0.355 e. The lowest BCUT2D eigenvalue weighted by atomic mass is 10.1. The molecule has 4 rings (SSSR count). The number of fused-ring (bicyclic) bond motifs is 1. The van der Waals surface area contributed by atoms with E-state index >= 15 is 0 Å². The van der Waals surface area contributed by atoms with Crippen LogP contribution in [0, 0.1) is 13.8 Å². The Hall–Kier alpha value is -3.58. The van der Waals surface area contributed by atoms with Crippen molar-refractivity contribution in [2.45, 2.75) is 32.1 Å². The van der Waals surface area contributed by atoms with E-state index in [1.165, 1.54) is 0 Å². The molecule has 2 N–H and O–H groups in total. The van der Waals surface area contributed by atoms with Gasteiger partial charge >= 0.3 is 0 Å². The SMILES string of the molecule is C=C(Nc1ccc(CC)c(S(=O)(=O)Nc2c(C)cccc2C)c1)c1cccc2ncn(C)c12. The van der Waals surface area contributed by atoms with Crippen molar-refractivity contribution in [1.29, 1.82) is 0 Å². The number of imidazole rings is 1. The van der Waals surface area contributed by atoms with Crippen LogP contribution >= 0.6 is 0 Å². The number of rotatable bonds is 7. The molecule has 0 atom stereocenters. The van der Waals surface area contributed by atoms with Gasteiger partial charge in [0.15, 0.2) is 0 Å². The Kier molecular flexibility index (Phi) is 5.99. The van der Waals surface area contributed by atoms with Crippen LogP contribution in [0.5, 0.6) is 0 Å². The highest BCUT2D eigenvalue weighted by Crippen LogP contribution is 2.29. The molecule has 0 radical (unpaired) electrons. The molecule has 170 valence electrons. The second kappa shape index (κ2) is 8.75. The van der Waals surface area contributed by atoms with Crippen molar-refractivity contribution in [2.75, 3.05) is 10.0 Å². The molecule has 6 nitrogen and oxygen atoms in total. The summed E-state index contributed by atoms with van der Waals surface area (Å²) in [6.07, 6.45) is 2.36. The first-order valence-corrected chi connectivity index (χ1v) is 12.3. The van der Waals surface area contributed by atoms with E-state index in [1.807, 2.05) is 80.9 Å². The summed E-state index contributed by atoms with van der Waals surface area (Å²) in [6.45, 7) is 9.94. The Bertz CT molecular complexity index is 1450.